The van der Waals surface area contributed by atoms with Gasteiger partial charge in [0.2, 0.25) is 5.91 Å². The van der Waals surface area contributed by atoms with Gasteiger partial charge in [-0.25, -0.2) is 0 Å². The van der Waals surface area contributed by atoms with E-state index in [0.717, 1.165) is 24.2 Å². The predicted octanol–water partition coefficient (Wildman–Crippen LogP) is 5.58. The third kappa shape index (κ3) is 3.62. The quantitative estimate of drug-likeness (QED) is 0.589. The van der Waals surface area contributed by atoms with E-state index in [9.17, 15) is 4.79 Å². The van der Waals surface area contributed by atoms with E-state index in [1.807, 2.05) is 25.9 Å². The fourth-order valence-corrected chi connectivity index (χ4v) is 6.19. The van der Waals surface area contributed by atoms with E-state index >= 15 is 0 Å². The van der Waals surface area contributed by atoms with Crippen molar-refractivity contribution < 1.29 is 4.79 Å². The predicted molar refractivity (Wildman–Crippen MR) is 111 cm³/mol. The Labute approximate surface area is 163 Å². The molecule has 4 heteroatoms. The van der Waals surface area contributed by atoms with Crippen LogP contribution in [0.15, 0.2) is 36.8 Å². The summed E-state index contributed by atoms with van der Waals surface area (Å²) in [5.74, 6) is 1.12. The van der Waals surface area contributed by atoms with E-state index in [2.05, 4.69) is 31.0 Å². The molecule has 0 aromatic carbocycles. The van der Waals surface area contributed by atoms with Gasteiger partial charge in [-0.2, -0.15) is 0 Å². The van der Waals surface area contributed by atoms with Crippen LogP contribution >= 0.6 is 11.9 Å². The van der Waals surface area contributed by atoms with Gasteiger partial charge in [-0.3, -0.25) is 9.10 Å². The van der Waals surface area contributed by atoms with Crippen molar-refractivity contribution in [2.24, 2.45) is 23.7 Å². The Balaban J connectivity index is 1.82. The minimum Gasteiger partial charge on any atom is -0.319 e. The zero-order valence-electron chi connectivity index (χ0n) is 16.7. The van der Waals surface area contributed by atoms with Crippen molar-refractivity contribution in [1.82, 2.24) is 9.21 Å². The van der Waals surface area contributed by atoms with Crippen molar-refractivity contribution in [1.29, 1.82) is 0 Å². The molecule has 2 saturated heterocycles. The first-order valence-corrected chi connectivity index (χ1v) is 11.0. The Kier molecular flexibility index (Phi) is 5.91. The average Bonchev–Trinajstić information content (AvgIpc) is 2.86. The van der Waals surface area contributed by atoms with Crippen LogP contribution in [0.25, 0.3) is 0 Å². The number of rotatable bonds is 2. The number of amides is 1. The molecular weight excluding hydrogens is 340 g/mol. The fourth-order valence-electron chi connectivity index (χ4n) is 4.81. The summed E-state index contributed by atoms with van der Waals surface area (Å²) in [7, 11) is 1.87. The van der Waals surface area contributed by atoms with Gasteiger partial charge in [-0.1, -0.05) is 52.8 Å². The highest BCUT2D eigenvalue weighted by molar-refractivity contribution is 7.97. The summed E-state index contributed by atoms with van der Waals surface area (Å²) < 4.78 is 2.34. The van der Waals surface area contributed by atoms with Gasteiger partial charge < -0.3 is 4.90 Å². The van der Waals surface area contributed by atoms with Gasteiger partial charge in [0, 0.05) is 47.1 Å². The molecule has 1 amide bonds. The van der Waals surface area contributed by atoms with Crippen LogP contribution in [0.2, 0.25) is 0 Å². The highest BCUT2D eigenvalue weighted by Gasteiger charge is 2.44. The lowest BCUT2D eigenvalue weighted by Gasteiger charge is -2.30. The van der Waals surface area contributed by atoms with Gasteiger partial charge in [-0.05, 0) is 43.5 Å². The molecule has 1 aliphatic carbocycles. The molecule has 2 heterocycles. The maximum atomic E-state index is 12.8. The monoisotopic (exact) mass is 374 g/mol. The molecule has 4 atom stereocenters. The molecule has 3 nitrogen and oxygen atoms in total. The smallest absolute Gasteiger partial charge is 0.229 e. The van der Waals surface area contributed by atoms with Gasteiger partial charge in [0.05, 0.1) is 0 Å². The highest BCUT2D eigenvalue weighted by atomic mass is 32.2. The van der Waals surface area contributed by atoms with Crippen molar-refractivity contribution in [3.05, 3.63) is 36.8 Å². The normalized spacial score (nSPS) is 34.6. The van der Waals surface area contributed by atoms with Crippen LogP contribution in [-0.4, -0.2) is 27.4 Å². The van der Waals surface area contributed by atoms with Crippen LogP contribution < -0.4 is 0 Å². The zero-order valence-corrected chi connectivity index (χ0v) is 17.5. The topological polar surface area (TPSA) is 23.6 Å². The van der Waals surface area contributed by atoms with Gasteiger partial charge in [0.15, 0.2) is 0 Å². The van der Waals surface area contributed by atoms with Crippen LogP contribution in [0.1, 0.15) is 58.8 Å². The van der Waals surface area contributed by atoms with Crippen LogP contribution in [-0.2, 0) is 4.79 Å². The van der Waals surface area contributed by atoms with Crippen molar-refractivity contribution in [3.8, 4) is 0 Å². The molecule has 144 valence electrons. The van der Waals surface area contributed by atoms with Gasteiger partial charge in [-0.15, -0.1) is 0 Å². The fraction of sp³-hybridized carbons (Fsp3) is 0.682. The number of hydrogen-bond donors (Lipinski definition) is 0. The second kappa shape index (κ2) is 7.84. The Hall–Kier alpha value is -1.16. The molecule has 0 aromatic heterocycles. The zero-order chi connectivity index (χ0) is 19.0. The van der Waals surface area contributed by atoms with E-state index in [0.29, 0.717) is 17.1 Å². The Morgan fingerprint density at radius 1 is 0.885 bits per heavy atom. The highest BCUT2D eigenvalue weighted by Crippen LogP contribution is 2.51. The molecule has 1 saturated carbocycles. The summed E-state index contributed by atoms with van der Waals surface area (Å²) >= 11 is 1.95. The van der Waals surface area contributed by atoms with Crippen molar-refractivity contribution in [2.45, 2.75) is 64.0 Å². The lowest BCUT2D eigenvalue weighted by atomic mass is 9.80. The first kappa shape index (κ1) is 19.6. The summed E-state index contributed by atoms with van der Waals surface area (Å²) in [4.78, 5) is 14.6. The molecule has 3 rings (SSSR count). The summed E-state index contributed by atoms with van der Waals surface area (Å²) in [5.41, 5.74) is 3.29. The minimum absolute atomic E-state index is 0.0151. The first-order valence-electron chi connectivity index (χ1n) is 10.1. The van der Waals surface area contributed by atoms with Crippen molar-refractivity contribution in [2.75, 3.05) is 7.05 Å². The molecule has 0 N–H and O–H groups in total. The van der Waals surface area contributed by atoms with E-state index in [4.69, 9.17) is 0 Å². The number of carbonyl (C=O) groups is 1. The summed E-state index contributed by atoms with van der Waals surface area (Å²) in [5, 5.41) is 0.683. The SMILES string of the molecule is C=C1C(C)CC2C(=C)N(SC3CCCCC3)C(=C)C2CC(C)C(=O)N1C. The number of hydrogen-bond acceptors (Lipinski definition) is 3. The molecule has 0 radical (unpaired) electrons. The molecule has 3 fully saturated rings. The molecule has 0 aromatic rings. The minimum atomic E-state index is -0.0151. The lowest BCUT2D eigenvalue weighted by molar-refractivity contribution is -0.132. The lowest BCUT2D eigenvalue weighted by Crippen LogP contribution is -2.32. The molecule has 0 bridgehead atoms. The Morgan fingerprint density at radius 3 is 2.00 bits per heavy atom. The number of fused-ring (bicyclic) bond motifs is 1. The molecule has 0 spiro atoms. The number of carbonyl (C=O) groups excluding carboxylic acids is 1. The molecular formula is C22H34N2OS. The summed E-state index contributed by atoms with van der Waals surface area (Å²) in [6.07, 6.45) is 8.49. The second-order valence-corrected chi connectivity index (χ2v) is 9.76. The standard InChI is InChI=1S/C22H34N2OS/c1-14-12-20-17(4)24(26-19-10-8-7-9-11-19)18(5)21(20)13-15(2)22(25)23(6)16(14)3/h14-15,19-21H,3-5,7-13H2,1-2,6H3. The average molecular weight is 375 g/mol. The van der Waals surface area contributed by atoms with Crippen LogP contribution in [0.3, 0.4) is 0 Å². The first-order chi connectivity index (χ1) is 12.3. The molecule has 2 aliphatic heterocycles. The molecule has 4 unspecified atom stereocenters. The van der Waals surface area contributed by atoms with Crippen molar-refractivity contribution in [3.63, 3.8) is 0 Å². The molecule has 26 heavy (non-hydrogen) atoms. The van der Waals surface area contributed by atoms with Crippen LogP contribution in [0.4, 0.5) is 0 Å². The van der Waals surface area contributed by atoms with E-state index < -0.39 is 0 Å². The molecule has 3 aliphatic rings. The van der Waals surface area contributed by atoms with Gasteiger partial charge in [0.25, 0.3) is 0 Å². The Bertz CT molecular complexity index is 565. The summed E-state index contributed by atoms with van der Waals surface area (Å²) in [6.45, 7) is 17.4. The maximum Gasteiger partial charge on any atom is 0.229 e. The van der Waals surface area contributed by atoms with Crippen molar-refractivity contribution >= 4 is 17.9 Å². The van der Waals surface area contributed by atoms with E-state index in [1.54, 1.807) is 4.90 Å². The van der Waals surface area contributed by atoms with Crippen LogP contribution in [0, 0.1) is 23.7 Å². The number of nitrogens with zero attached hydrogens (tertiary/aromatic N) is 2. The number of allylic oxidation sites excluding steroid dienone is 3. The van der Waals surface area contributed by atoms with Gasteiger partial charge >= 0.3 is 0 Å². The third-order valence-corrected chi connectivity index (χ3v) is 8.09. The second-order valence-electron chi connectivity index (χ2n) is 8.52. The largest absolute Gasteiger partial charge is 0.319 e. The van der Waals surface area contributed by atoms with Gasteiger partial charge in [0.1, 0.15) is 0 Å². The van der Waals surface area contributed by atoms with E-state index in [-0.39, 0.29) is 17.7 Å². The summed E-state index contributed by atoms with van der Waals surface area (Å²) in [6, 6.07) is 0. The third-order valence-electron chi connectivity index (χ3n) is 6.64. The maximum absolute atomic E-state index is 12.8. The van der Waals surface area contributed by atoms with Crippen LogP contribution in [0.5, 0.6) is 0 Å². The Morgan fingerprint density at radius 2 is 1.42 bits per heavy atom. The van der Waals surface area contributed by atoms with E-state index in [1.165, 1.54) is 37.8 Å².